The molecule has 0 radical (unpaired) electrons. The number of hydrogen-bond acceptors (Lipinski definition) is 4. The highest BCUT2D eigenvalue weighted by Gasteiger charge is 2.20. The Morgan fingerprint density at radius 1 is 1.30 bits per heavy atom. The summed E-state index contributed by atoms with van der Waals surface area (Å²) in [5.41, 5.74) is 5.34. The van der Waals surface area contributed by atoms with Gasteiger partial charge in [0.25, 0.3) is 5.91 Å². The average Bonchev–Trinajstić information content (AvgIpc) is 2.43. The van der Waals surface area contributed by atoms with Crippen LogP contribution >= 0.6 is 0 Å². The zero-order valence-electron chi connectivity index (χ0n) is 10.9. The van der Waals surface area contributed by atoms with E-state index in [1.807, 2.05) is 0 Å². The number of nitrogens with one attached hydrogen (secondary N) is 1. The minimum absolute atomic E-state index is 0.0366. The lowest BCUT2D eigenvalue weighted by atomic mass is 10.1. The van der Waals surface area contributed by atoms with Crippen LogP contribution in [0, 0.1) is 5.82 Å². The molecule has 0 aliphatic rings. The van der Waals surface area contributed by atoms with E-state index in [0.717, 1.165) is 12.1 Å². The summed E-state index contributed by atoms with van der Waals surface area (Å²) >= 11 is 0. The maximum atomic E-state index is 12.7. The van der Waals surface area contributed by atoms with Crippen molar-refractivity contribution in [3.8, 4) is 0 Å². The average molecular weight is 282 g/mol. The second-order valence-corrected chi connectivity index (χ2v) is 4.05. The lowest BCUT2D eigenvalue weighted by molar-refractivity contribution is -0.140. The van der Waals surface area contributed by atoms with Crippen molar-refractivity contribution in [1.29, 1.82) is 0 Å². The molecule has 0 aromatic heterocycles. The number of methoxy groups -OCH3 is 1. The van der Waals surface area contributed by atoms with E-state index >= 15 is 0 Å². The number of ether oxygens (including phenoxy) is 1. The molecular formula is C13H15FN2O4. The molecule has 0 bridgehead atoms. The van der Waals surface area contributed by atoms with Gasteiger partial charge in [-0.2, -0.15) is 0 Å². The summed E-state index contributed by atoms with van der Waals surface area (Å²) < 4.78 is 17.2. The number of carbonyl (C=O) groups excluding carboxylic acids is 3. The number of rotatable bonds is 6. The monoisotopic (exact) mass is 282 g/mol. The van der Waals surface area contributed by atoms with Crippen LogP contribution in [0.2, 0.25) is 0 Å². The molecule has 108 valence electrons. The van der Waals surface area contributed by atoms with E-state index in [1.54, 1.807) is 0 Å². The van der Waals surface area contributed by atoms with Gasteiger partial charge < -0.3 is 15.8 Å². The predicted octanol–water partition coefficient (Wildman–Crippen LogP) is 0.363. The lowest BCUT2D eigenvalue weighted by Crippen LogP contribution is -2.44. The van der Waals surface area contributed by atoms with Gasteiger partial charge in [-0.05, 0) is 30.7 Å². The van der Waals surface area contributed by atoms with E-state index < -0.39 is 29.6 Å². The van der Waals surface area contributed by atoms with Gasteiger partial charge in [-0.15, -0.1) is 0 Å². The fourth-order valence-corrected chi connectivity index (χ4v) is 1.49. The third-order valence-electron chi connectivity index (χ3n) is 2.62. The Balaban J connectivity index is 2.65. The smallest absolute Gasteiger partial charge is 0.305 e. The molecule has 0 heterocycles. The van der Waals surface area contributed by atoms with E-state index in [2.05, 4.69) is 10.1 Å². The topological polar surface area (TPSA) is 98.5 Å². The molecule has 1 rings (SSSR count). The van der Waals surface area contributed by atoms with Gasteiger partial charge in [0.2, 0.25) is 5.91 Å². The Morgan fingerprint density at radius 3 is 2.40 bits per heavy atom. The highest BCUT2D eigenvalue weighted by molar-refractivity contribution is 5.97. The molecule has 0 fully saturated rings. The Hall–Kier alpha value is -2.44. The van der Waals surface area contributed by atoms with Gasteiger partial charge in [0.15, 0.2) is 0 Å². The highest BCUT2D eigenvalue weighted by atomic mass is 19.1. The largest absolute Gasteiger partial charge is 0.469 e. The maximum Gasteiger partial charge on any atom is 0.305 e. The summed E-state index contributed by atoms with van der Waals surface area (Å²) in [7, 11) is 1.22. The van der Waals surface area contributed by atoms with Crippen LogP contribution in [0.15, 0.2) is 24.3 Å². The number of primary amides is 1. The molecule has 0 aliphatic heterocycles. The normalized spacial score (nSPS) is 11.5. The van der Waals surface area contributed by atoms with Crippen molar-refractivity contribution in [1.82, 2.24) is 5.32 Å². The van der Waals surface area contributed by atoms with Gasteiger partial charge >= 0.3 is 5.97 Å². The van der Waals surface area contributed by atoms with Gasteiger partial charge in [0, 0.05) is 12.0 Å². The zero-order chi connectivity index (χ0) is 15.1. The summed E-state index contributed by atoms with van der Waals surface area (Å²) in [6.07, 6.45) is -0.0112. The molecular weight excluding hydrogens is 267 g/mol. The first-order valence-electron chi connectivity index (χ1n) is 5.86. The van der Waals surface area contributed by atoms with Crippen molar-refractivity contribution in [3.63, 3.8) is 0 Å². The summed E-state index contributed by atoms with van der Waals surface area (Å²) in [5, 5.41) is 2.39. The Labute approximate surface area is 115 Å². The van der Waals surface area contributed by atoms with Crippen molar-refractivity contribution < 1.29 is 23.5 Å². The first-order chi connectivity index (χ1) is 9.43. The van der Waals surface area contributed by atoms with Crippen LogP contribution in [-0.2, 0) is 14.3 Å². The van der Waals surface area contributed by atoms with Crippen molar-refractivity contribution >= 4 is 17.8 Å². The molecule has 1 aromatic rings. The van der Waals surface area contributed by atoms with E-state index in [1.165, 1.54) is 19.2 Å². The van der Waals surface area contributed by atoms with Crippen molar-refractivity contribution in [2.24, 2.45) is 5.73 Å². The minimum atomic E-state index is -0.994. The number of carbonyl (C=O) groups is 3. The zero-order valence-corrected chi connectivity index (χ0v) is 10.9. The van der Waals surface area contributed by atoms with Crippen LogP contribution in [0.3, 0.4) is 0 Å². The number of amides is 2. The van der Waals surface area contributed by atoms with Crippen LogP contribution in [0.5, 0.6) is 0 Å². The van der Waals surface area contributed by atoms with E-state index in [9.17, 15) is 18.8 Å². The molecule has 7 heteroatoms. The Kier molecular flexibility index (Phi) is 5.64. The predicted molar refractivity (Wildman–Crippen MR) is 68.1 cm³/mol. The highest BCUT2D eigenvalue weighted by Crippen LogP contribution is 2.05. The molecule has 0 unspecified atom stereocenters. The van der Waals surface area contributed by atoms with E-state index in [4.69, 9.17) is 5.73 Å². The van der Waals surface area contributed by atoms with Gasteiger partial charge in [0.1, 0.15) is 11.9 Å². The molecule has 3 N–H and O–H groups in total. The Morgan fingerprint density at radius 2 is 1.90 bits per heavy atom. The molecule has 0 aliphatic carbocycles. The molecule has 2 amide bonds. The van der Waals surface area contributed by atoms with Crippen molar-refractivity contribution in [2.45, 2.75) is 18.9 Å². The van der Waals surface area contributed by atoms with Gasteiger partial charge in [0.05, 0.1) is 7.11 Å². The van der Waals surface area contributed by atoms with E-state index in [0.29, 0.717) is 0 Å². The molecule has 0 spiro atoms. The number of hydrogen-bond donors (Lipinski definition) is 2. The number of nitrogens with two attached hydrogens (primary N) is 1. The van der Waals surface area contributed by atoms with Crippen molar-refractivity contribution in [2.75, 3.05) is 7.11 Å². The fraction of sp³-hybridized carbons (Fsp3) is 0.308. The SMILES string of the molecule is COC(=O)CC[C@@H](NC(=O)c1ccc(F)cc1)C(N)=O. The minimum Gasteiger partial charge on any atom is -0.469 e. The van der Waals surface area contributed by atoms with Crippen LogP contribution in [-0.4, -0.2) is 30.9 Å². The lowest BCUT2D eigenvalue weighted by Gasteiger charge is -2.14. The van der Waals surface area contributed by atoms with Crippen LogP contribution in [0.1, 0.15) is 23.2 Å². The fourth-order valence-electron chi connectivity index (χ4n) is 1.49. The van der Waals surface area contributed by atoms with Gasteiger partial charge in [-0.25, -0.2) is 4.39 Å². The number of halogens is 1. The number of benzene rings is 1. The molecule has 6 nitrogen and oxygen atoms in total. The molecule has 1 aromatic carbocycles. The molecule has 1 atom stereocenters. The second-order valence-electron chi connectivity index (χ2n) is 4.05. The van der Waals surface area contributed by atoms with E-state index in [-0.39, 0.29) is 18.4 Å². The Bertz CT molecular complexity index is 502. The third-order valence-corrected chi connectivity index (χ3v) is 2.62. The molecule has 0 saturated carbocycles. The summed E-state index contributed by atoms with van der Waals surface area (Å²) in [4.78, 5) is 34.0. The van der Waals surface area contributed by atoms with Crippen LogP contribution in [0.25, 0.3) is 0 Å². The van der Waals surface area contributed by atoms with Gasteiger partial charge in [-0.3, -0.25) is 14.4 Å². The first kappa shape index (κ1) is 15.6. The summed E-state index contributed by atoms with van der Waals surface area (Å²) in [6.45, 7) is 0. The first-order valence-corrected chi connectivity index (χ1v) is 5.86. The molecule has 20 heavy (non-hydrogen) atoms. The van der Waals surface area contributed by atoms with Crippen LogP contribution < -0.4 is 11.1 Å². The summed E-state index contributed by atoms with van der Waals surface area (Å²) in [5.74, 6) is -2.31. The maximum absolute atomic E-state index is 12.7. The second kappa shape index (κ2) is 7.22. The van der Waals surface area contributed by atoms with Gasteiger partial charge in [-0.1, -0.05) is 0 Å². The standard InChI is InChI=1S/C13H15FN2O4/c1-20-11(17)7-6-10(12(15)18)16-13(19)8-2-4-9(14)5-3-8/h2-5,10H,6-7H2,1H3,(H2,15,18)(H,16,19)/t10-/m1/s1. The summed E-state index contributed by atoms with van der Waals surface area (Å²) in [6, 6.07) is 3.82. The van der Waals surface area contributed by atoms with Crippen LogP contribution in [0.4, 0.5) is 4.39 Å². The quantitative estimate of drug-likeness (QED) is 0.736. The molecule has 0 saturated heterocycles. The van der Waals surface area contributed by atoms with Crippen molar-refractivity contribution in [3.05, 3.63) is 35.6 Å². The third kappa shape index (κ3) is 4.68. The number of esters is 1.